The molecule has 2 rings (SSSR count). The van der Waals surface area contributed by atoms with Crippen LogP contribution in [0.5, 0.6) is 0 Å². The molecule has 0 spiro atoms. The second kappa shape index (κ2) is 5.77. The number of piperidine rings is 1. The fourth-order valence-electron chi connectivity index (χ4n) is 2.18. The highest BCUT2D eigenvalue weighted by atomic mass is 16.6. The first-order chi connectivity index (χ1) is 8.66. The molecule has 1 aromatic rings. The van der Waals surface area contributed by atoms with E-state index in [2.05, 4.69) is 15.6 Å². The zero-order chi connectivity index (χ0) is 13.0. The lowest BCUT2D eigenvalue weighted by Crippen LogP contribution is -2.33. The van der Waals surface area contributed by atoms with Crippen molar-refractivity contribution in [2.24, 2.45) is 5.92 Å². The van der Waals surface area contributed by atoms with Crippen LogP contribution in [-0.2, 0) is 0 Å². The Morgan fingerprint density at radius 1 is 1.67 bits per heavy atom. The summed E-state index contributed by atoms with van der Waals surface area (Å²) in [5.74, 6) is 1.32. The first-order valence-corrected chi connectivity index (χ1v) is 6.22. The third kappa shape index (κ3) is 3.16. The summed E-state index contributed by atoms with van der Waals surface area (Å²) in [6, 6.07) is 1.73. The van der Waals surface area contributed by atoms with Crippen molar-refractivity contribution in [1.82, 2.24) is 10.3 Å². The van der Waals surface area contributed by atoms with Gasteiger partial charge in [0, 0.05) is 12.1 Å². The van der Waals surface area contributed by atoms with Crippen molar-refractivity contribution in [2.75, 3.05) is 25.0 Å². The molecule has 2 N–H and O–H groups in total. The summed E-state index contributed by atoms with van der Waals surface area (Å²) >= 11 is 0. The first kappa shape index (κ1) is 12.8. The molecular weight excluding hydrogens is 232 g/mol. The van der Waals surface area contributed by atoms with E-state index < -0.39 is 4.92 Å². The molecule has 0 aromatic carbocycles. The maximum absolute atomic E-state index is 10.7. The van der Waals surface area contributed by atoms with Gasteiger partial charge in [-0.15, -0.1) is 0 Å². The van der Waals surface area contributed by atoms with Crippen molar-refractivity contribution in [3.63, 3.8) is 0 Å². The lowest BCUT2D eigenvalue weighted by molar-refractivity contribution is -0.385. The lowest BCUT2D eigenvalue weighted by Gasteiger charge is -2.23. The first-order valence-electron chi connectivity index (χ1n) is 6.22. The van der Waals surface area contributed by atoms with Crippen molar-refractivity contribution < 1.29 is 4.92 Å². The summed E-state index contributed by atoms with van der Waals surface area (Å²) < 4.78 is 0. The van der Waals surface area contributed by atoms with Gasteiger partial charge in [0.1, 0.15) is 12.0 Å². The smallest absolute Gasteiger partial charge is 0.290 e. The molecule has 6 heteroatoms. The van der Waals surface area contributed by atoms with E-state index in [1.54, 1.807) is 13.0 Å². The minimum atomic E-state index is -0.406. The van der Waals surface area contributed by atoms with E-state index >= 15 is 0 Å². The summed E-state index contributed by atoms with van der Waals surface area (Å²) in [5.41, 5.74) is 0.708. The Morgan fingerprint density at radius 3 is 3.11 bits per heavy atom. The van der Waals surface area contributed by atoms with Gasteiger partial charge in [0.05, 0.1) is 4.92 Å². The average molecular weight is 250 g/mol. The van der Waals surface area contributed by atoms with Crippen molar-refractivity contribution >= 4 is 11.5 Å². The lowest BCUT2D eigenvalue weighted by atomic mass is 10.00. The van der Waals surface area contributed by atoms with Gasteiger partial charge in [-0.05, 0) is 44.8 Å². The predicted molar refractivity (Wildman–Crippen MR) is 69.7 cm³/mol. The molecule has 1 atom stereocenters. The molecule has 2 heterocycles. The molecule has 0 radical (unpaired) electrons. The Morgan fingerprint density at radius 2 is 2.50 bits per heavy atom. The Kier molecular flexibility index (Phi) is 4.09. The van der Waals surface area contributed by atoms with Crippen LogP contribution in [0.1, 0.15) is 18.4 Å². The molecule has 1 aliphatic rings. The predicted octanol–water partition coefficient (Wildman–Crippen LogP) is 1.71. The maximum atomic E-state index is 10.7. The third-order valence-electron chi connectivity index (χ3n) is 3.25. The van der Waals surface area contributed by atoms with Crippen LogP contribution < -0.4 is 10.6 Å². The zero-order valence-electron chi connectivity index (χ0n) is 10.5. The quantitative estimate of drug-likeness (QED) is 0.628. The van der Waals surface area contributed by atoms with E-state index in [-0.39, 0.29) is 5.69 Å². The van der Waals surface area contributed by atoms with Gasteiger partial charge in [0.15, 0.2) is 0 Å². The van der Waals surface area contributed by atoms with E-state index in [0.29, 0.717) is 17.3 Å². The molecule has 1 fully saturated rings. The fraction of sp³-hybridized carbons (Fsp3) is 0.583. The molecule has 98 valence electrons. The van der Waals surface area contributed by atoms with Gasteiger partial charge >= 0.3 is 0 Å². The molecule has 1 unspecified atom stereocenters. The molecule has 0 amide bonds. The summed E-state index contributed by atoms with van der Waals surface area (Å²) in [7, 11) is 0. The number of aromatic nitrogens is 1. The van der Waals surface area contributed by atoms with E-state index in [1.807, 2.05) is 0 Å². The molecule has 0 aliphatic carbocycles. The van der Waals surface area contributed by atoms with Crippen LogP contribution in [0.15, 0.2) is 12.3 Å². The van der Waals surface area contributed by atoms with Crippen molar-refractivity contribution in [2.45, 2.75) is 19.8 Å². The SMILES string of the molecule is Cc1cc(NCC2CCCNC2)ncc1[N+](=O)[O-]. The number of hydrogen-bond donors (Lipinski definition) is 2. The number of nitro groups is 1. The van der Waals surface area contributed by atoms with E-state index in [4.69, 9.17) is 0 Å². The molecular formula is C12H18N4O2. The molecule has 0 bridgehead atoms. The van der Waals surface area contributed by atoms with Gasteiger partial charge in [0.2, 0.25) is 0 Å². The minimum Gasteiger partial charge on any atom is -0.370 e. The van der Waals surface area contributed by atoms with Crippen molar-refractivity contribution in [3.8, 4) is 0 Å². The number of hydrogen-bond acceptors (Lipinski definition) is 5. The van der Waals surface area contributed by atoms with E-state index in [1.165, 1.54) is 19.0 Å². The van der Waals surface area contributed by atoms with Crippen molar-refractivity contribution in [3.05, 3.63) is 27.9 Å². The van der Waals surface area contributed by atoms with E-state index in [9.17, 15) is 10.1 Å². The summed E-state index contributed by atoms with van der Waals surface area (Å²) in [4.78, 5) is 14.3. The highest BCUT2D eigenvalue weighted by Crippen LogP contribution is 2.19. The van der Waals surface area contributed by atoms with Crippen LogP contribution in [0, 0.1) is 23.0 Å². The largest absolute Gasteiger partial charge is 0.370 e. The Labute approximate surface area is 106 Å². The van der Waals surface area contributed by atoms with Crippen molar-refractivity contribution in [1.29, 1.82) is 0 Å². The van der Waals surface area contributed by atoms with Crippen LogP contribution in [0.25, 0.3) is 0 Å². The molecule has 1 saturated heterocycles. The second-order valence-electron chi connectivity index (χ2n) is 4.71. The topological polar surface area (TPSA) is 80.1 Å². The van der Waals surface area contributed by atoms with Crippen LogP contribution >= 0.6 is 0 Å². The van der Waals surface area contributed by atoms with Crippen LogP contribution in [-0.4, -0.2) is 29.5 Å². The molecule has 18 heavy (non-hydrogen) atoms. The monoisotopic (exact) mass is 250 g/mol. The number of anilines is 1. The van der Waals surface area contributed by atoms with Gasteiger partial charge in [-0.1, -0.05) is 0 Å². The molecule has 6 nitrogen and oxygen atoms in total. The minimum absolute atomic E-state index is 0.0693. The normalized spacial score (nSPS) is 19.5. The van der Waals surface area contributed by atoms with Gasteiger partial charge < -0.3 is 10.6 Å². The van der Waals surface area contributed by atoms with Gasteiger partial charge in [-0.3, -0.25) is 10.1 Å². The Balaban J connectivity index is 1.93. The number of rotatable bonds is 4. The molecule has 1 aromatic heterocycles. The maximum Gasteiger partial charge on any atom is 0.290 e. The van der Waals surface area contributed by atoms with Gasteiger partial charge in [-0.25, -0.2) is 4.98 Å². The standard InChI is InChI=1S/C12H18N4O2/c1-9-5-12(15-8-11(9)16(17)18)14-7-10-3-2-4-13-6-10/h5,8,10,13H,2-4,6-7H2,1H3,(H,14,15). The number of pyridine rings is 1. The number of aryl methyl sites for hydroxylation is 1. The molecule has 0 saturated carbocycles. The van der Waals surface area contributed by atoms with Crippen LogP contribution in [0.3, 0.4) is 0 Å². The van der Waals surface area contributed by atoms with Crippen LogP contribution in [0.2, 0.25) is 0 Å². The summed E-state index contributed by atoms with van der Waals surface area (Å²) in [6.45, 7) is 4.72. The van der Waals surface area contributed by atoms with Gasteiger partial charge in [0.25, 0.3) is 5.69 Å². The zero-order valence-corrected chi connectivity index (χ0v) is 10.5. The Hall–Kier alpha value is -1.69. The van der Waals surface area contributed by atoms with E-state index in [0.717, 1.165) is 19.6 Å². The summed E-state index contributed by atoms with van der Waals surface area (Å²) in [5, 5.41) is 17.3. The highest BCUT2D eigenvalue weighted by molar-refractivity contribution is 5.46. The van der Waals surface area contributed by atoms with Crippen LogP contribution in [0.4, 0.5) is 11.5 Å². The fourth-order valence-corrected chi connectivity index (χ4v) is 2.18. The average Bonchev–Trinajstić information content (AvgIpc) is 2.37. The van der Waals surface area contributed by atoms with Gasteiger partial charge in [-0.2, -0.15) is 0 Å². The molecule has 1 aliphatic heterocycles. The highest BCUT2D eigenvalue weighted by Gasteiger charge is 2.14. The second-order valence-corrected chi connectivity index (χ2v) is 4.71. The summed E-state index contributed by atoms with van der Waals surface area (Å²) in [6.07, 6.45) is 3.74. The number of nitrogens with one attached hydrogen (secondary N) is 2. The third-order valence-corrected chi connectivity index (χ3v) is 3.25. The number of nitrogens with zero attached hydrogens (tertiary/aromatic N) is 2. The Bertz CT molecular complexity index is 430.